The van der Waals surface area contributed by atoms with Gasteiger partial charge in [-0.2, -0.15) is 83.4 Å². The summed E-state index contributed by atoms with van der Waals surface area (Å²) in [6.45, 7) is -1.77. The Labute approximate surface area is 311 Å². The van der Waals surface area contributed by atoms with Crippen molar-refractivity contribution in [3.63, 3.8) is 0 Å². The van der Waals surface area contributed by atoms with Crippen LogP contribution >= 0.6 is 0 Å². The molecule has 57 heavy (non-hydrogen) atoms. The quantitative estimate of drug-likeness (QED) is 0.0732. The second-order valence-corrected chi connectivity index (χ2v) is 12.2. The van der Waals surface area contributed by atoms with Gasteiger partial charge in [-0.05, 0) is 55.5 Å². The fraction of sp³-hybridized carbons (Fsp3) is 0.688. The molecular formula is C32H33F19N2O4. The predicted octanol–water partition coefficient (Wildman–Crippen LogP) is 11.7. The monoisotopic (exact) mass is 870 g/mol. The molecular weight excluding hydrogens is 837 g/mol. The van der Waals surface area contributed by atoms with E-state index in [0.717, 1.165) is 44.1 Å². The minimum Gasteiger partial charge on any atom is -0.493 e. The van der Waals surface area contributed by atoms with Gasteiger partial charge in [0.25, 0.3) is 0 Å². The Morgan fingerprint density at radius 3 is 1.60 bits per heavy atom. The van der Waals surface area contributed by atoms with Gasteiger partial charge < -0.3 is 9.47 Å². The van der Waals surface area contributed by atoms with E-state index in [1.165, 1.54) is 17.1 Å². The Morgan fingerprint density at radius 2 is 1.05 bits per heavy atom. The average Bonchev–Trinajstić information content (AvgIpc) is 3.08. The molecule has 0 fully saturated rings. The standard InChI is InChI=1S/C32H33F19N2O4/c1-2-3-4-5-6-7-11-20-18-21(23-52-14-10-15-53-23)12-13-22(20)55-17-9-8-16-54-19-24(33,34)25(35,36)29(44,45)56-31(48,49)32(50,51)57-30(46,47)27(39,40)26(37,38)28(41,42)43/h10,12-15,18H,2-9,11,16-17,19H2,1H3. The second-order valence-electron chi connectivity index (χ2n) is 12.2. The number of unbranched alkanes of at least 4 members (excludes halogenated alkanes) is 6. The van der Waals surface area contributed by atoms with E-state index in [1.807, 2.05) is 0 Å². The highest BCUT2D eigenvalue weighted by atomic mass is 19.4. The maximum Gasteiger partial charge on any atom is 0.460 e. The number of aromatic nitrogens is 2. The predicted molar refractivity (Wildman–Crippen MR) is 158 cm³/mol. The van der Waals surface area contributed by atoms with E-state index < -0.39 is 67.5 Å². The molecule has 2 rings (SSSR count). The normalized spacial score (nSPS) is 14.3. The first-order valence-electron chi connectivity index (χ1n) is 16.5. The molecule has 0 aliphatic heterocycles. The minimum absolute atomic E-state index is 0.0544. The van der Waals surface area contributed by atoms with E-state index in [-0.39, 0.29) is 19.4 Å². The van der Waals surface area contributed by atoms with Crippen LogP contribution < -0.4 is 4.74 Å². The van der Waals surface area contributed by atoms with Crippen LogP contribution in [0.25, 0.3) is 11.4 Å². The molecule has 1 heterocycles. The molecule has 0 aliphatic carbocycles. The Hall–Kier alpha value is -3.35. The van der Waals surface area contributed by atoms with Crippen molar-refractivity contribution in [3.8, 4) is 17.1 Å². The van der Waals surface area contributed by atoms with Gasteiger partial charge in [0.2, 0.25) is 0 Å². The van der Waals surface area contributed by atoms with E-state index in [4.69, 9.17) is 4.74 Å². The topological polar surface area (TPSA) is 62.7 Å². The van der Waals surface area contributed by atoms with Crippen molar-refractivity contribution in [2.24, 2.45) is 0 Å². The Morgan fingerprint density at radius 1 is 0.544 bits per heavy atom. The lowest BCUT2D eigenvalue weighted by atomic mass is 10.0. The van der Waals surface area contributed by atoms with Crippen molar-refractivity contribution in [2.75, 3.05) is 19.8 Å². The summed E-state index contributed by atoms with van der Waals surface area (Å²) < 4.78 is 266. The number of halogens is 19. The summed E-state index contributed by atoms with van der Waals surface area (Å²) in [6, 6.07) is 6.66. The van der Waals surface area contributed by atoms with E-state index in [1.54, 1.807) is 29.0 Å². The number of aryl methyl sites for hydroxylation is 1. The third-order valence-corrected chi connectivity index (χ3v) is 7.70. The van der Waals surface area contributed by atoms with Crippen LogP contribution in [0.5, 0.6) is 5.75 Å². The SMILES string of the molecule is CCCCCCCCc1cc(-c2ncccn2)ccc1OCCCCOCC(F)(F)C(F)(F)C(F)(F)OC(F)(F)C(F)(F)OC(F)(F)C(F)(F)C(F)(F)C(F)(F)F. The number of benzene rings is 1. The first kappa shape index (κ1) is 49.8. The summed E-state index contributed by atoms with van der Waals surface area (Å²) >= 11 is 0. The summed E-state index contributed by atoms with van der Waals surface area (Å²) in [7, 11) is 0. The molecule has 6 nitrogen and oxygen atoms in total. The van der Waals surface area contributed by atoms with Crippen LogP contribution in [0.15, 0.2) is 36.7 Å². The molecule has 2 aromatic rings. The molecule has 1 aromatic heterocycles. The maximum absolute atomic E-state index is 14.1. The summed E-state index contributed by atoms with van der Waals surface area (Å²) in [6.07, 6.45) is -29.9. The third-order valence-electron chi connectivity index (χ3n) is 7.70. The lowest BCUT2D eigenvalue weighted by Gasteiger charge is -2.38. The number of nitrogens with zero attached hydrogens (tertiary/aromatic N) is 2. The van der Waals surface area contributed by atoms with Crippen LogP contribution in [0.4, 0.5) is 83.4 Å². The van der Waals surface area contributed by atoms with Crippen LogP contribution in [0.3, 0.4) is 0 Å². The summed E-state index contributed by atoms with van der Waals surface area (Å²) in [5.41, 5.74) is 1.41. The van der Waals surface area contributed by atoms with Gasteiger partial charge in [0.05, 0.1) is 6.61 Å². The van der Waals surface area contributed by atoms with E-state index in [0.29, 0.717) is 23.6 Å². The highest BCUT2D eigenvalue weighted by molar-refractivity contribution is 5.58. The number of hydrogen-bond donors (Lipinski definition) is 0. The van der Waals surface area contributed by atoms with Crippen LogP contribution in [0.2, 0.25) is 0 Å². The van der Waals surface area contributed by atoms with Crippen molar-refractivity contribution in [1.29, 1.82) is 0 Å². The van der Waals surface area contributed by atoms with Gasteiger partial charge in [-0.3, -0.25) is 0 Å². The van der Waals surface area contributed by atoms with Crippen LogP contribution in [-0.4, -0.2) is 84.1 Å². The molecule has 0 saturated carbocycles. The first-order chi connectivity index (χ1) is 25.9. The van der Waals surface area contributed by atoms with Crippen molar-refractivity contribution in [1.82, 2.24) is 9.97 Å². The minimum atomic E-state index is -8.19. The number of alkyl halides is 19. The average molecular weight is 871 g/mol. The second kappa shape index (κ2) is 18.7. The molecule has 0 amide bonds. The molecule has 0 aliphatic rings. The summed E-state index contributed by atoms with van der Waals surface area (Å²) in [4.78, 5) is 8.35. The Bertz CT molecular complexity index is 1540. The fourth-order valence-electron chi connectivity index (χ4n) is 4.52. The Kier molecular flexibility index (Phi) is 16.3. The summed E-state index contributed by atoms with van der Waals surface area (Å²) in [5, 5.41) is 0. The zero-order chi connectivity index (χ0) is 43.8. The molecule has 0 unspecified atom stereocenters. The highest BCUT2D eigenvalue weighted by Crippen LogP contribution is 2.57. The Balaban J connectivity index is 2.01. The van der Waals surface area contributed by atoms with Gasteiger partial charge in [-0.25, -0.2) is 19.4 Å². The van der Waals surface area contributed by atoms with Crippen molar-refractivity contribution < 1.29 is 102 Å². The molecule has 328 valence electrons. The maximum atomic E-state index is 14.1. The lowest BCUT2D eigenvalue weighted by molar-refractivity contribution is -0.555. The van der Waals surface area contributed by atoms with Crippen LogP contribution in [-0.2, 0) is 20.6 Å². The molecule has 0 radical (unpaired) electrons. The fourth-order valence-corrected chi connectivity index (χ4v) is 4.52. The van der Waals surface area contributed by atoms with Gasteiger partial charge in [-0.15, -0.1) is 0 Å². The molecule has 0 atom stereocenters. The third kappa shape index (κ3) is 11.9. The lowest BCUT2D eigenvalue weighted by Crippen LogP contribution is -2.65. The molecule has 25 heteroatoms. The molecule has 0 saturated heterocycles. The zero-order valence-corrected chi connectivity index (χ0v) is 29.2. The first-order valence-corrected chi connectivity index (χ1v) is 16.5. The number of hydrogen-bond acceptors (Lipinski definition) is 6. The van der Waals surface area contributed by atoms with Crippen LogP contribution in [0, 0.1) is 0 Å². The van der Waals surface area contributed by atoms with Gasteiger partial charge >= 0.3 is 54.3 Å². The van der Waals surface area contributed by atoms with E-state index >= 15 is 0 Å². The van der Waals surface area contributed by atoms with Gasteiger partial charge in [0.15, 0.2) is 5.82 Å². The molecule has 1 aromatic carbocycles. The van der Waals surface area contributed by atoms with Gasteiger partial charge in [0.1, 0.15) is 12.4 Å². The largest absolute Gasteiger partial charge is 0.493 e. The van der Waals surface area contributed by atoms with E-state index in [9.17, 15) is 83.4 Å². The van der Waals surface area contributed by atoms with Crippen molar-refractivity contribution in [3.05, 3.63) is 42.2 Å². The number of rotatable bonds is 25. The van der Waals surface area contributed by atoms with Gasteiger partial charge in [-0.1, -0.05) is 39.0 Å². The van der Waals surface area contributed by atoms with Crippen LogP contribution in [0.1, 0.15) is 63.9 Å². The molecule has 0 bridgehead atoms. The highest BCUT2D eigenvalue weighted by Gasteiger charge is 2.86. The van der Waals surface area contributed by atoms with E-state index in [2.05, 4.69) is 21.6 Å². The molecule has 0 N–H and O–H groups in total. The van der Waals surface area contributed by atoms with Gasteiger partial charge in [0, 0.05) is 24.6 Å². The number of ether oxygens (including phenoxy) is 4. The molecule has 0 spiro atoms. The van der Waals surface area contributed by atoms with Crippen molar-refractivity contribution in [2.45, 2.75) is 119 Å². The summed E-state index contributed by atoms with van der Waals surface area (Å²) in [5.74, 6) is -29.0. The zero-order valence-electron chi connectivity index (χ0n) is 29.2. The smallest absolute Gasteiger partial charge is 0.460 e. The van der Waals surface area contributed by atoms with Crippen molar-refractivity contribution >= 4 is 0 Å².